The van der Waals surface area contributed by atoms with Gasteiger partial charge in [-0.1, -0.05) is 58.0 Å². The second kappa shape index (κ2) is 10.1. The molecule has 2 aromatic heterocycles. The van der Waals surface area contributed by atoms with Gasteiger partial charge in [0.1, 0.15) is 0 Å². The van der Waals surface area contributed by atoms with Crippen LogP contribution in [0.1, 0.15) is 12.5 Å². The Morgan fingerprint density at radius 3 is 2.79 bits per heavy atom. The Bertz CT molecular complexity index is 1020. The van der Waals surface area contributed by atoms with E-state index in [-0.39, 0.29) is 11.7 Å². The Morgan fingerprint density at radius 2 is 2.10 bits per heavy atom. The lowest BCUT2D eigenvalue weighted by Gasteiger charge is -2.10. The number of rotatable bonds is 8. The summed E-state index contributed by atoms with van der Waals surface area (Å²) in [5.74, 6) is 0.669. The van der Waals surface area contributed by atoms with Gasteiger partial charge in [-0.25, -0.2) is 5.43 Å². The first kappa shape index (κ1) is 20.9. The molecule has 3 rings (SSSR count). The summed E-state index contributed by atoms with van der Waals surface area (Å²) in [6, 6.07) is 11.5. The van der Waals surface area contributed by atoms with Crippen molar-refractivity contribution < 1.29 is 4.79 Å². The number of halogens is 1. The van der Waals surface area contributed by atoms with Crippen molar-refractivity contribution in [2.75, 3.05) is 5.75 Å². The smallest absolute Gasteiger partial charge is 0.250 e. The predicted octanol–water partition coefficient (Wildman–Crippen LogP) is 3.92. The highest BCUT2D eigenvalue weighted by Gasteiger charge is 2.15. The maximum Gasteiger partial charge on any atom is 0.250 e. The monoisotopic (exact) mass is 470 g/mol. The van der Waals surface area contributed by atoms with Crippen LogP contribution in [0.25, 0.3) is 11.4 Å². The summed E-state index contributed by atoms with van der Waals surface area (Å²) >= 11 is 4.74. The van der Waals surface area contributed by atoms with Gasteiger partial charge in [0.05, 0.1) is 12.0 Å². The van der Waals surface area contributed by atoms with Gasteiger partial charge >= 0.3 is 0 Å². The van der Waals surface area contributed by atoms with Gasteiger partial charge in [0.2, 0.25) is 0 Å². The topological polar surface area (TPSA) is 85.1 Å². The van der Waals surface area contributed by atoms with Crippen LogP contribution < -0.4 is 5.43 Å². The molecule has 1 N–H and O–H groups in total. The molecule has 0 saturated carbocycles. The Hall–Kier alpha value is -2.78. The number of benzene rings is 1. The van der Waals surface area contributed by atoms with Crippen molar-refractivity contribution in [3.8, 4) is 11.4 Å². The normalized spacial score (nSPS) is 11.0. The number of nitrogens with one attached hydrogen (secondary N) is 1. The average Bonchev–Trinajstić information content (AvgIpc) is 3.09. The van der Waals surface area contributed by atoms with Crippen molar-refractivity contribution in [3.05, 3.63) is 71.0 Å². The standard InChI is InChI=1S/C20H19BrN6OS/c1-14(2)12-27-19(16-5-7-17(21)8-6-16)25-26-20(27)29-13-18(28)24-23-11-15-4-3-9-22-10-15/h3-11H,1,12-13H2,2H3,(H,24,28). The highest BCUT2D eigenvalue weighted by molar-refractivity contribution is 9.10. The number of hydrogen-bond acceptors (Lipinski definition) is 6. The molecule has 3 aromatic rings. The molecule has 0 fully saturated rings. The number of carbonyl (C=O) groups excluding carboxylic acids is 1. The SMILES string of the molecule is C=C(C)Cn1c(SCC(=O)NN=Cc2cccnc2)nnc1-c1ccc(Br)cc1. The van der Waals surface area contributed by atoms with E-state index in [1.54, 1.807) is 24.7 Å². The molecule has 0 unspecified atom stereocenters. The molecular weight excluding hydrogens is 452 g/mol. The van der Waals surface area contributed by atoms with E-state index in [9.17, 15) is 4.79 Å². The maximum absolute atomic E-state index is 12.1. The molecule has 1 aromatic carbocycles. The Balaban J connectivity index is 1.66. The second-order valence-electron chi connectivity index (χ2n) is 6.22. The van der Waals surface area contributed by atoms with Gasteiger partial charge in [-0.2, -0.15) is 5.10 Å². The molecule has 1 amide bonds. The van der Waals surface area contributed by atoms with Crippen LogP contribution in [0, 0.1) is 0 Å². The van der Waals surface area contributed by atoms with Gasteiger partial charge in [0.15, 0.2) is 11.0 Å². The second-order valence-corrected chi connectivity index (χ2v) is 8.08. The number of pyridine rings is 1. The first-order valence-electron chi connectivity index (χ1n) is 8.71. The van der Waals surface area contributed by atoms with Gasteiger partial charge in [-0.3, -0.25) is 14.3 Å². The van der Waals surface area contributed by atoms with Crippen molar-refractivity contribution in [1.29, 1.82) is 0 Å². The number of aromatic nitrogens is 4. The van der Waals surface area contributed by atoms with E-state index >= 15 is 0 Å². The van der Waals surface area contributed by atoms with Crippen LogP contribution in [0.4, 0.5) is 0 Å². The minimum absolute atomic E-state index is 0.166. The third-order valence-electron chi connectivity index (χ3n) is 3.67. The fourth-order valence-corrected chi connectivity index (χ4v) is 3.41. The van der Waals surface area contributed by atoms with Crippen LogP contribution in [0.3, 0.4) is 0 Å². The Morgan fingerprint density at radius 1 is 1.31 bits per heavy atom. The molecule has 0 aliphatic heterocycles. The highest BCUT2D eigenvalue weighted by atomic mass is 79.9. The van der Waals surface area contributed by atoms with E-state index in [1.807, 2.05) is 41.8 Å². The van der Waals surface area contributed by atoms with Gasteiger partial charge in [-0.05, 0) is 25.1 Å². The van der Waals surface area contributed by atoms with Crippen LogP contribution in [-0.4, -0.2) is 37.6 Å². The number of hydrogen-bond donors (Lipinski definition) is 1. The zero-order valence-corrected chi connectivity index (χ0v) is 18.2. The maximum atomic E-state index is 12.1. The summed E-state index contributed by atoms with van der Waals surface area (Å²) in [7, 11) is 0. The minimum Gasteiger partial charge on any atom is -0.298 e. The largest absolute Gasteiger partial charge is 0.298 e. The van der Waals surface area contributed by atoms with Crippen molar-refractivity contribution in [1.82, 2.24) is 25.2 Å². The van der Waals surface area contributed by atoms with Crippen molar-refractivity contribution >= 4 is 39.8 Å². The number of thioether (sulfide) groups is 1. The van der Waals surface area contributed by atoms with E-state index in [2.05, 4.69) is 48.2 Å². The van der Waals surface area contributed by atoms with E-state index in [1.165, 1.54) is 11.8 Å². The number of amides is 1. The van der Waals surface area contributed by atoms with E-state index in [0.717, 1.165) is 27.0 Å². The molecule has 9 heteroatoms. The summed E-state index contributed by atoms with van der Waals surface area (Å²) < 4.78 is 2.95. The van der Waals surface area contributed by atoms with E-state index in [0.29, 0.717) is 11.7 Å². The lowest BCUT2D eigenvalue weighted by Crippen LogP contribution is -2.20. The summed E-state index contributed by atoms with van der Waals surface area (Å²) in [4.78, 5) is 16.1. The number of allylic oxidation sites excluding steroid dienone is 1. The minimum atomic E-state index is -0.231. The molecule has 0 saturated heterocycles. The van der Waals surface area contributed by atoms with Crippen molar-refractivity contribution in [2.24, 2.45) is 5.10 Å². The molecular formula is C20H19BrN6OS. The van der Waals surface area contributed by atoms with Gasteiger partial charge in [0, 0.05) is 34.5 Å². The molecule has 0 aliphatic rings. The molecule has 148 valence electrons. The first-order chi connectivity index (χ1) is 14.0. The quantitative estimate of drug-likeness (QED) is 0.233. The predicted molar refractivity (Wildman–Crippen MR) is 119 cm³/mol. The number of nitrogens with zero attached hydrogens (tertiary/aromatic N) is 5. The lowest BCUT2D eigenvalue weighted by molar-refractivity contribution is -0.118. The van der Waals surface area contributed by atoms with Crippen molar-refractivity contribution in [3.63, 3.8) is 0 Å². The summed E-state index contributed by atoms with van der Waals surface area (Å²) in [6.45, 7) is 6.50. The fourth-order valence-electron chi connectivity index (χ4n) is 2.41. The number of hydrazone groups is 1. The van der Waals surface area contributed by atoms with Crippen molar-refractivity contribution in [2.45, 2.75) is 18.6 Å². The Kier molecular flexibility index (Phi) is 7.31. The van der Waals surface area contributed by atoms with Crippen LogP contribution in [-0.2, 0) is 11.3 Å². The fraction of sp³-hybridized carbons (Fsp3) is 0.150. The molecule has 0 aliphatic carbocycles. The van der Waals surface area contributed by atoms with E-state index in [4.69, 9.17) is 0 Å². The molecule has 0 bridgehead atoms. The summed E-state index contributed by atoms with van der Waals surface area (Å²) in [5.41, 5.74) is 5.23. The lowest BCUT2D eigenvalue weighted by atomic mass is 10.2. The van der Waals surface area contributed by atoms with Crippen LogP contribution >= 0.6 is 27.7 Å². The zero-order valence-electron chi connectivity index (χ0n) is 15.7. The van der Waals surface area contributed by atoms with Gasteiger partial charge in [0.25, 0.3) is 5.91 Å². The zero-order chi connectivity index (χ0) is 20.6. The first-order valence-corrected chi connectivity index (χ1v) is 10.5. The molecule has 2 heterocycles. The van der Waals surface area contributed by atoms with Gasteiger partial charge in [-0.15, -0.1) is 10.2 Å². The highest BCUT2D eigenvalue weighted by Crippen LogP contribution is 2.26. The summed E-state index contributed by atoms with van der Waals surface area (Å²) in [5, 5.41) is 13.2. The molecule has 0 atom stereocenters. The third kappa shape index (κ3) is 6.10. The molecule has 0 radical (unpaired) electrons. The average molecular weight is 471 g/mol. The van der Waals surface area contributed by atoms with Crippen LogP contribution in [0.5, 0.6) is 0 Å². The van der Waals surface area contributed by atoms with Crippen LogP contribution in [0.2, 0.25) is 0 Å². The number of carbonyl (C=O) groups is 1. The molecule has 0 spiro atoms. The van der Waals surface area contributed by atoms with Crippen LogP contribution in [0.15, 0.2) is 75.7 Å². The summed E-state index contributed by atoms with van der Waals surface area (Å²) in [6.07, 6.45) is 4.88. The van der Waals surface area contributed by atoms with Gasteiger partial charge < -0.3 is 0 Å². The molecule has 7 nitrogen and oxygen atoms in total. The van der Waals surface area contributed by atoms with E-state index < -0.39 is 0 Å². The Labute approximate surface area is 181 Å². The third-order valence-corrected chi connectivity index (χ3v) is 5.16. The molecule has 29 heavy (non-hydrogen) atoms.